The van der Waals surface area contributed by atoms with Crippen molar-refractivity contribution in [2.24, 2.45) is 0 Å². The number of aliphatic hydroxyl groups excluding tert-OH is 1. The molecule has 5 heteroatoms. The highest BCUT2D eigenvalue weighted by Gasteiger charge is 2.18. The predicted molar refractivity (Wildman–Crippen MR) is 55.4 cm³/mol. The van der Waals surface area contributed by atoms with Crippen molar-refractivity contribution >= 4 is 0 Å². The summed E-state index contributed by atoms with van der Waals surface area (Å²) in [5, 5.41) is 9.05. The summed E-state index contributed by atoms with van der Waals surface area (Å²) in [7, 11) is 2.09. The number of rotatable bonds is 3. The molecule has 1 unspecified atom stereocenters. The SMILES string of the molecule is CN1CCOC(Cn2ccnc2CO)C1. The van der Waals surface area contributed by atoms with E-state index in [1.807, 2.05) is 10.8 Å². The van der Waals surface area contributed by atoms with Crippen LogP contribution in [0, 0.1) is 0 Å². The normalized spacial score (nSPS) is 23.2. The molecule has 1 saturated heterocycles. The van der Waals surface area contributed by atoms with Gasteiger partial charge in [0, 0.05) is 25.5 Å². The summed E-state index contributed by atoms with van der Waals surface area (Å²) in [5.74, 6) is 0.701. The Morgan fingerprint density at radius 1 is 1.67 bits per heavy atom. The van der Waals surface area contributed by atoms with Gasteiger partial charge in [0.15, 0.2) is 0 Å². The number of morpholine rings is 1. The number of aromatic nitrogens is 2. The Labute approximate surface area is 89.3 Å². The highest BCUT2D eigenvalue weighted by atomic mass is 16.5. The Morgan fingerprint density at radius 2 is 2.53 bits per heavy atom. The van der Waals surface area contributed by atoms with Crippen LogP contribution in [0.15, 0.2) is 12.4 Å². The predicted octanol–water partition coefficient (Wildman–Crippen LogP) is -0.294. The van der Waals surface area contributed by atoms with E-state index in [1.165, 1.54) is 0 Å². The molecule has 1 atom stereocenters. The van der Waals surface area contributed by atoms with E-state index in [2.05, 4.69) is 16.9 Å². The molecule has 1 aromatic rings. The lowest BCUT2D eigenvalue weighted by atomic mass is 10.3. The number of imidazole rings is 1. The van der Waals surface area contributed by atoms with E-state index in [0.717, 1.165) is 26.2 Å². The molecule has 0 radical (unpaired) electrons. The zero-order valence-electron chi connectivity index (χ0n) is 8.96. The molecule has 0 saturated carbocycles. The quantitative estimate of drug-likeness (QED) is 0.746. The largest absolute Gasteiger partial charge is 0.388 e. The Morgan fingerprint density at radius 3 is 3.27 bits per heavy atom. The summed E-state index contributed by atoms with van der Waals surface area (Å²) in [6, 6.07) is 0. The number of hydrogen-bond acceptors (Lipinski definition) is 4. The Kier molecular flexibility index (Phi) is 3.35. The standard InChI is InChI=1S/C10H17N3O2/c1-12-4-5-15-9(6-12)7-13-3-2-11-10(13)8-14/h2-3,9,14H,4-8H2,1H3. The van der Waals surface area contributed by atoms with Crippen LogP contribution in [0.25, 0.3) is 0 Å². The minimum absolute atomic E-state index is 0.0183. The van der Waals surface area contributed by atoms with Gasteiger partial charge in [-0.25, -0.2) is 4.98 Å². The summed E-state index contributed by atoms with van der Waals surface area (Å²) in [6.07, 6.45) is 3.78. The van der Waals surface area contributed by atoms with E-state index in [0.29, 0.717) is 5.82 Å². The Hall–Kier alpha value is -0.910. The number of ether oxygens (including phenoxy) is 1. The molecule has 84 valence electrons. The maximum atomic E-state index is 9.05. The second kappa shape index (κ2) is 4.74. The van der Waals surface area contributed by atoms with Crippen LogP contribution in [0.2, 0.25) is 0 Å². The van der Waals surface area contributed by atoms with Crippen molar-refractivity contribution in [3.8, 4) is 0 Å². The summed E-state index contributed by atoms with van der Waals surface area (Å²) in [4.78, 5) is 6.32. The second-order valence-corrected chi connectivity index (χ2v) is 3.91. The minimum Gasteiger partial charge on any atom is -0.388 e. The van der Waals surface area contributed by atoms with Gasteiger partial charge in [0.05, 0.1) is 19.3 Å². The average Bonchev–Trinajstić information content (AvgIpc) is 2.65. The van der Waals surface area contributed by atoms with Gasteiger partial charge in [-0.2, -0.15) is 0 Å². The third kappa shape index (κ3) is 2.56. The van der Waals surface area contributed by atoms with Crippen molar-refractivity contribution in [2.45, 2.75) is 19.3 Å². The van der Waals surface area contributed by atoms with Gasteiger partial charge in [-0.15, -0.1) is 0 Å². The lowest BCUT2D eigenvalue weighted by molar-refractivity contribution is -0.0281. The van der Waals surface area contributed by atoms with E-state index in [1.54, 1.807) is 6.20 Å². The molecule has 0 spiro atoms. The van der Waals surface area contributed by atoms with Gasteiger partial charge in [-0.05, 0) is 7.05 Å². The average molecular weight is 211 g/mol. The Bertz CT molecular complexity index is 313. The molecule has 0 aliphatic carbocycles. The van der Waals surface area contributed by atoms with Crippen molar-refractivity contribution in [1.29, 1.82) is 0 Å². The fourth-order valence-electron chi connectivity index (χ4n) is 1.85. The van der Waals surface area contributed by atoms with Crippen molar-refractivity contribution < 1.29 is 9.84 Å². The molecular formula is C10H17N3O2. The zero-order chi connectivity index (χ0) is 10.7. The first-order valence-electron chi connectivity index (χ1n) is 5.20. The lowest BCUT2D eigenvalue weighted by Gasteiger charge is -2.30. The van der Waals surface area contributed by atoms with Crippen LogP contribution < -0.4 is 0 Å². The lowest BCUT2D eigenvalue weighted by Crippen LogP contribution is -2.42. The molecule has 5 nitrogen and oxygen atoms in total. The van der Waals surface area contributed by atoms with E-state index in [-0.39, 0.29) is 12.7 Å². The topological polar surface area (TPSA) is 50.5 Å². The van der Waals surface area contributed by atoms with E-state index >= 15 is 0 Å². The summed E-state index contributed by atoms with van der Waals surface area (Å²) in [5.41, 5.74) is 0. The fraction of sp³-hybridized carbons (Fsp3) is 0.700. The van der Waals surface area contributed by atoms with Crippen LogP contribution in [-0.2, 0) is 17.9 Å². The van der Waals surface area contributed by atoms with Gasteiger partial charge < -0.3 is 19.3 Å². The first-order valence-corrected chi connectivity index (χ1v) is 5.20. The van der Waals surface area contributed by atoms with Crippen LogP contribution in [0.1, 0.15) is 5.82 Å². The minimum atomic E-state index is -0.0183. The Balaban J connectivity index is 1.96. The summed E-state index contributed by atoms with van der Waals surface area (Å²) in [6.45, 7) is 3.45. The molecule has 15 heavy (non-hydrogen) atoms. The van der Waals surface area contributed by atoms with E-state index in [9.17, 15) is 0 Å². The number of hydrogen-bond donors (Lipinski definition) is 1. The van der Waals surface area contributed by atoms with Crippen molar-refractivity contribution in [2.75, 3.05) is 26.7 Å². The van der Waals surface area contributed by atoms with Gasteiger partial charge in [0.2, 0.25) is 0 Å². The van der Waals surface area contributed by atoms with Crippen LogP contribution in [0.4, 0.5) is 0 Å². The molecule has 1 N–H and O–H groups in total. The molecule has 2 heterocycles. The molecule has 0 aromatic carbocycles. The van der Waals surface area contributed by atoms with E-state index in [4.69, 9.17) is 9.84 Å². The molecule has 1 fully saturated rings. The third-order valence-electron chi connectivity index (χ3n) is 2.69. The number of aliphatic hydroxyl groups is 1. The molecule has 0 bridgehead atoms. The van der Waals surface area contributed by atoms with Gasteiger partial charge >= 0.3 is 0 Å². The van der Waals surface area contributed by atoms with Crippen molar-refractivity contribution in [3.05, 3.63) is 18.2 Å². The molecule has 0 amide bonds. The summed E-state index contributed by atoms with van der Waals surface area (Å²) < 4.78 is 7.60. The first-order chi connectivity index (χ1) is 7.29. The smallest absolute Gasteiger partial charge is 0.134 e. The van der Waals surface area contributed by atoms with Crippen molar-refractivity contribution in [1.82, 2.24) is 14.5 Å². The number of nitrogens with zero attached hydrogens (tertiary/aromatic N) is 3. The first kappa shape index (κ1) is 10.6. The van der Waals surface area contributed by atoms with Gasteiger partial charge in [-0.3, -0.25) is 0 Å². The number of likely N-dealkylation sites (N-methyl/N-ethyl adjacent to an activating group) is 1. The van der Waals surface area contributed by atoms with Crippen LogP contribution in [0.5, 0.6) is 0 Å². The van der Waals surface area contributed by atoms with Gasteiger partial charge in [-0.1, -0.05) is 0 Å². The van der Waals surface area contributed by atoms with Gasteiger partial charge in [0.25, 0.3) is 0 Å². The van der Waals surface area contributed by atoms with Crippen LogP contribution >= 0.6 is 0 Å². The third-order valence-corrected chi connectivity index (χ3v) is 2.69. The van der Waals surface area contributed by atoms with Crippen LogP contribution in [-0.4, -0.2) is 52.4 Å². The highest BCUT2D eigenvalue weighted by Crippen LogP contribution is 2.07. The molecule has 1 aromatic heterocycles. The highest BCUT2D eigenvalue weighted by molar-refractivity contribution is 4.91. The van der Waals surface area contributed by atoms with Crippen molar-refractivity contribution in [3.63, 3.8) is 0 Å². The molecule has 1 aliphatic rings. The molecular weight excluding hydrogens is 194 g/mol. The van der Waals surface area contributed by atoms with Crippen LogP contribution in [0.3, 0.4) is 0 Å². The maximum absolute atomic E-state index is 9.05. The summed E-state index contributed by atoms with van der Waals surface area (Å²) >= 11 is 0. The maximum Gasteiger partial charge on any atom is 0.134 e. The second-order valence-electron chi connectivity index (χ2n) is 3.91. The monoisotopic (exact) mass is 211 g/mol. The molecule has 2 rings (SSSR count). The molecule has 1 aliphatic heterocycles. The van der Waals surface area contributed by atoms with E-state index < -0.39 is 0 Å². The zero-order valence-corrected chi connectivity index (χ0v) is 8.96. The fourth-order valence-corrected chi connectivity index (χ4v) is 1.85. The van der Waals surface area contributed by atoms with Gasteiger partial charge in [0.1, 0.15) is 12.4 Å².